The number of halogens is 3. The molecular formula is C13H16F3N2. The molecule has 1 aliphatic rings. The maximum Gasteiger partial charge on any atom is 0.416 e. The first-order valence-electron chi connectivity index (χ1n) is 6.01. The zero-order valence-electron chi connectivity index (χ0n) is 10.2. The van der Waals surface area contributed by atoms with Crippen LogP contribution < -0.4 is 5.32 Å². The van der Waals surface area contributed by atoms with Crippen molar-refractivity contribution in [1.29, 1.82) is 0 Å². The third-order valence-electron chi connectivity index (χ3n) is 3.32. The second-order valence-corrected chi connectivity index (χ2v) is 4.51. The van der Waals surface area contributed by atoms with Crippen LogP contribution in [0, 0.1) is 6.07 Å². The van der Waals surface area contributed by atoms with Crippen LogP contribution in [0.3, 0.4) is 0 Å². The van der Waals surface area contributed by atoms with Crippen molar-refractivity contribution >= 4 is 0 Å². The first kappa shape index (κ1) is 13.4. The maximum absolute atomic E-state index is 12.6. The molecule has 1 fully saturated rings. The summed E-state index contributed by atoms with van der Waals surface area (Å²) < 4.78 is 37.9. The van der Waals surface area contributed by atoms with E-state index in [1.807, 2.05) is 6.92 Å². The van der Waals surface area contributed by atoms with Crippen LogP contribution in [-0.2, 0) is 6.18 Å². The minimum atomic E-state index is -4.30. The summed E-state index contributed by atoms with van der Waals surface area (Å²) in [6.45, 7) is 5.42. The van der Waals surface area contributed by atoms with Crippen molar-refractivity contribution in [3.05, 3.63) is 35.4 Å². The van der Waals surface area contributed by atoms with E-state index in [-0.39, 0.29) is 6.04 Å². The SMILES string of the molecule is CC(c1c[c]cc(C(F)(F)F)c1)N1CCNCC1. The standard InChI is InChI=1S/C13H16F3N2/c1-10(18-7-5-17-6-8-18)11-3-2-4-12(9-11)13(14,15)16/h3-4,9-10,17H,5-8H2,1H3. The first-order chi connectivity index (χ1) is 8.48. The van der Waals surface area contributed by atoms with Gasteiger partial charge in [-0.2, -0.15) is 13.2 Å². The molecule has 1 atom stereocenters. The van der Waals surface area contributed by atoms with Crippen LogP contribution in [0.25, 0.3) is 0 Å². The molecule has 5 heteroatoms. The van der Waals surface area contributed by atoms with Crippen molar-refractivity contribution in [1.82, 2.24) is 10.2 Å². The smallest absolute Gasteiger partial charge is 0.314 e. The van der Waals surface area contributed by atoms with Crippen molar-refractivity contribution in [2.24, 2.45) is 0 Å². The number of piperazine rings is 1. The van der Waals surface area contributed by atoms with Gasteiger partial charge in [0.2, 0.25) is 0 Å². The van der Waals surface area contributed by atoms with Crippen molar-refractivity contribution in [3.8, 4) is 0 Å². The third-order valence-corrected chi connectivity index (χ3v) is 3.32. The number of alkyl halides is 3. The Kier molecular flexibility index (Phi) is 3.92. The lowest BCUT2D eigenvalue weighted by atomic mass is 10.0. The molecule has 1 aromatic rings. The van der Waals surface area contributed by atoms with Crippen LogP contribution in [0.4, 0.5) is 13.2 Å². The summed E-state index contributed by atoms with van der Waals surface area (Å²) in [4.78, 5) is 2.18. The Morgan fingerprint density at radius 2 is 1.94 bits per heavy atom. The second kappa shape index (κ2) is 5.28. The molecule has 1 heterocycles. The highest BCUT2D eigenvalue weighted by molar-refractivity contribution is 5.27. The Morgan fingerprint density at radius 1 is 1.28 bits per heavy atom. The molecule has 1 unspecified atom stereocenters. The molecule has 0 spiro atoms. The van der Waals surface area contributed by atoms with Crippen LogP contribution in [0.15, 0.2) is 18.2 Å². The summed E-state index contributed by atoms with van der Waals surface area (Å²) >= 11 is 0. The molecule has 99 valence electrons. The third kappa shape index (κ3) is 3.03. The predicted molar refractivity (Wildman–Crippen MR) is 63.1 cm³/mol. The Bertz CT molecular complexity index is 397. The van der Waals surface area contributed by atoms with E-state index in [1.165, 1.54) is 6.07 Å². The highest BCUT2D eigenvalue weighted by atomic mass is 19.4. The summed E-state index contributed by atoms with van der Waals surface area (Å²) in [5.74, 6) is 0. The van der Waals surface area contributed by atoms with Gasteiger partial charge in [0.25, 0.3) is 0 Å². The van der Waals surface area contributed by atoms with E-state index in [0.717, 1.165) is 32.2 Å². The normalized spacial score (nSPS) is 19.8. The van der Waals surface area contributed by atoms with Crippen LogP contribution in [0.5, 0.6) is 0 Å². The Labute approximate surface area is 105 Å². The zero-order chi connectivity index (χ0) is 13.2. The summed E-state index contributed by atoms with van der Waals surface area (Å²) in [5.41, 5.74) is 0.0497. The zero-order valence-corrected chi connectivity index (χ0v) is 10.2. The fourth-order valence-electron chi connectivity index (χ4n) is 2.18. The number of nitrogens with one attached hydrogen (secondary N) is 1. The Morgan fingerprint density at radius 3 is 2.56 bits per heavy atom. The fraction of sp³-hybridized carbons (Fsp3) is 0.538. The molecule has 2 rings (SSSR count). The summed E-state index contributed by atoms with van der Waals surface area (Å²) in [7, 11) is 0. The molecule has 1 aliphatic heterocycles. The number of benzene rings is 1. The number of rotatable bonds is 2. The van der Waals surface area contributed by atoms with E-state index in [4.69, 9.17) is 0 Å². The molecule has 0 aliphatic carbocycles. The van der Waals surface area contributed by atoms with Crippen LogP contribution in [0.1, 0.15) is 24.1 Å². The van der Waals surface area contributed by atoms with Gasteiger partial charge in [-0.1, -0.05) is 0 Å². The number of hydrogen-bond donors (Lipinski definition) is 1. The van der Waals surface area contributed by atoms with Crippen molar-refractivity contribution in [3.63, 3.8) is 0 Å². The van der Waals surface area contributed by atoms with Gasteiger partial charge in [0.1, 0.15) is 0 Å². The fourth-order valence-corrected chi connectivity index (χ4v) is 2.18. The predicted octanol–water partition coefficient (Wildman–Crippen LogP) is 2.47. The minimum absolute atomic E-state index is 0.00866. The van der Waals surface area contributed by atoms with Crippen molar-refractivity contribution in [2.45, 2.75) is 19.1 Å². The average molecular weight is 257 g/mol. The minimum Gasteiger partial charge on any atom is -0.314 e. The Hall–Kier alpha value is -1.07. The molecule has 0 bridgehead atoms. The van der Waals surface area contributed by atoms with E-state index in [9.17, 15) is 13.2 Å². The lowest BCUT2D eigenvalue weighted by Crippen LogP contribution is -2.44. The molecule has 1 radical (unpaired) electrons. The molecule has 1 aromatic carbocycles. The molecule has 2 nitrogen and oxygen atoms in total. The van der Waals surface area contributed by atoms with Gasteiger partial charge < -0.3 is 5.32 Å². The summed E-state index contributed by atoms with van der Waals surface area (Å²) in [6.07, 6.45) is -4.30. The van der Waals surface area contributed by atoms with Crippen molar-refractivity contribution < 1.29 is 13.2 Å². The van der Waals surface area contributed by atoms with Crippen LogP contribution in [-0.4, -0.2) is 31.1 Å². The molecule has 18 heavy (non-hydrogen) atoms. The van der Waals surface area contributed by atoms with Gasteiger partial charge in [-0.25, -0.2) is 0 Å². The molecule has 0 amide bonds. The van der Waals surface area contributed by atoms with Crippen LogP contribution in [0.2, 0.25) is 0 Å². The average Bonchev–Trinajstić information content (AvgIpc) is 2.38. The lowest BCUT2D eigenvalue weighted by Gasteiger charge is -2.33. The number of hydrogen-bond acceptors (Lipinski definition) is 2. The highest BCUT2D eigenvalue weighted by Gasteiger charge is 2.31. The van der Waals surface area contributed by atoms with Gasteiger partial charge in [0.05, 0.1) is 5.56 Å². The largest absolute Gasteiger partial charge is 0.416 e. The van der Waals surface area contributed by atoms with Gasteiger partial charge in [-0.3, -0.25) is 4.90 Å². The van der Waals surface area contributed by atoms with E-state index < -0.39 is 11.7 Å². The quantitative estimate of drug-likeness (QED) is 0.875. The summed E-state index contributed by atoms with van der Waals surface area (Å²) in [5, 5.41) is 3.23. The molecule has 1 saturated heterocycles. The van der Waals surface area contributed by atoms with Gasteiger partial charge in [-0.05, 0) is 36.8 Å². The molecule has 1 N–H and O–H groups in total. The van der Waals surface area contributed by atoms with Gasteiger partial charge in [-0.15, -0.1) is 0 Å². The topological polar surface area (TPSA) is 15.3 Å². The second-order valence-electron chi connectivity index (χ2n) is 4.51. The first-order valence-corrected chi connectivity index (χ1v) is 6.01. The van der Waals surface area contributed by atoms with Gasteiger partial charge >= 0.3 is 6.18 Å². The van der Waals surface area contributed by atoms with E-state index in [2.05, 4.69) is 16.3 Å². The van der Waals surface area contributed by atoms with E-state index in [1.54, 1.807) is 6.07 Å². The van der Waals surface area contributed by atoms with Gasteiger partial charge in [0, 0.05) is 32.2 Å². The Balaban J connectivity index is 2.17. The van der Waals surface area contributed by atoms with E-state index in [0.29, 0.717) is 5.56 Å². The van der Waals surface area contributed by atoms with Gasteiger partial charge in [0.15, 0.2) is 0 Å². The summed E-state index contributed by atoms with van der Waals surface area (Å²) in [6, 6.07) is 6.45. The lowest BCUT2D eigenvalue weighted by molar-refractivity contribution is -0.137. The molecule has 0 aromatic heterocycles. The monoisotopic (exact) mass is 257 g/mol. The van der Waals surface area contributed by atoms with Crippen LogP contribution >= 0.6 is 0 Å². The van der Waals surface area contributed by atoms with Crippen molar-refractivity contribution in [2.75, 3.05) is 26.2 Å². The number of nitrogens with zero attached hydrogens (tertiary/aromatic N) is 1. The van der Waals surface area contributed by atoms with E-state index >= 15 is 0 Å². The highest BCUT2D eigenvalue weighted by Crippen LogP contribution is 2.31. The molecular weight excluding hydrogens is 241 g/mol. The maximum atomic E-state index is 12.6. The molecule has 0 saturated carbocycles.